The first-order chi connectivity index (χ1) is 17.7. The lowest BCUT2D eigenvalue weighted by molar-refractivity contribution is 0.0942. The van der Waals surface area contributed by atoms with Gasteiger partial charge < -0.3 is 15.4 Å². The molecule has 3 heterocycles. The number of nitrogens with one attached hydrogen (secondary N) is 2. The Morgan fingerprint density at radius 2 is 1.67 bits per heavy atom. The normalized spacial score (nSPS) is 14.1. The molecular formula is C29H19N5O2. The first-order valence-corrected chi connectivity index (χ1v) is 11.6. The number of nitrogens with zero attached hydrogens (tertiary/aromatic N) is 3. The second kappa shape index (κ2) is 7.74. The van der Waals surface area contributed by atoms with Gasteiger partial charge in [-0.3, -0.25) is 14.8 Å². The first kappa shape index (κ1) is 20.3. The Morgan fingerprint density at radius 3 is 2.58 bits per heavy atom. The lowest BCUT2D eigenvalue weighted by atomic mass is 9.98. The van der Waals surface area contributed by atoms with Crippen LogP contribution in [0.4, 0.5) is 0 Å². The summed E-state index contributed by atoms with van der Waals surface area (Å²) < 4.78 is 0. The second-order valence-corrected chi connectivity index (χ2v) is 8.78. The molecule has 1 atom stereocenters. The molecule has 3 aromatic heterocycles. The van der Waals surface area contributed by atoms with Gasteiger partial charge in [-0.05, 0) is 34.4 Å². The van der Waals surface area contributed by atoms with Gasteiger partial charge in [-0.15, -0.1) is 0 Å². The number of hydrogen-bond donors (Lipinski definition) is 3. The summed E-state index contributed by atoms with van der Waals surface area (Å²) in [5.41, 5.74) is 7.54. The van der Waals surface area contributed by atoms with Crippen LogP contribution in [0.25, 0.3) is 44.5 Å². The number of rotatable bonds is 3. The number of pyridine rings is 2. The molecule has 0 saturated carbocycles. The third-order valence-electron chi connectivity index (χ3n) is 6.75. The van der Waals surface area contributed by atoms with Crippen LogP contribution in [0.5, 0.6) is 5.75 Å². The van der Waals surface area contributed by atoms with E-state index < -0.39 is 0 Å². The van der Waals surface area contributed by atoms with Crippen molar-refractivity contribution in [2.75, 3.05) is 0 Å². The molecular weight excluding hydrogens is 450 g/mol. The van der Waals surface area contributed by atoms with E-state index in [1.807, 2.05) is 60.7 Å². The Labute approximate surface area is 205 Å². The fourth-order valence-electron chi connectivity index (χ4n) is 5.17. The summed E-state index contributed by atoms with van der Waals surface area (Å²) in [6, 6.07) is 22.9. The second-order valence-electron chi connectivity index (χ2n) is 8.78. The Morgan fingerprint density at radius 1 is 0.861 bits per heavy atom. The summed E-state index contributed by atoms with van der Waals surface area (Å²) in [4.78, 5) is 30.2. The maximum absolute atomic E-state index is 13.6. The van der Waals surface area contributed by atoms with Gasteiger partial charge in [0, 0.05) is 17.1 Å². The van der Waals surface area contributed by atoms with E-state index >= 15 is 0 Å². The summed E-state index contributed by atoms with van der Waals surface area (Å²) in [5.74, 6) is 0.232. The summed E-state index contributed by atoms with van der Waals surface area (Å²) in [6.07, 6.45) is 4.81. The molecule has 0 spiro atoms. The van der Waals surface area contributed by atoms with Gasteiger partial charge in [0.2, 0.25) is 0 Å². The van der Waals surface area contributed by atoms with Crippen LogP contribution in [0.15, 0.2) is 91.4 Å². The Kier molecular flexibility index (Phi) is 4.38. The number of imidazole rings is 1. The van der Waals surface area contributed by atoms with Crippen molar-refractivity contribution < 1.29 is 9.90 Å². The van der Waals surface area contributed by atoms with Gasteiger partial charge in [0.05, 0.1) is 40.5 Å². The quantitative estimate of drug-likeness (QED) is 0.323. The molecule has 7 rings (SSSR count). The van der Waals surface area contributed by atoms with Gasteiger partial charge in [0.1, 0.15) is 11.6 Å². The first-order valence-electron chi connectivity index (χ1n) is 11.6. The number of para-hydroxylation sites is 1. The zero-order valence-corrected chi connectivity index (χ0v) is 18.9. The molecule has 6 aromatic rings. The summed E-state index contributed by atoms with van der Waals surface area (Å²) >= 11 is 0. The topological polar surface area (TPSA) is 104 Å². The number of benzene rings is 3. The minimum atomic E-state index is -0.388. The van der Waals surface area contributed by atoms with E-state index in [0.29, 0.717) is 10.9 Å². The fourth-order valence-corrected chi connectivity index (χ4v) is 5.17. The van der Waals surface area contributed by atoms with Crippen LogP contribution in [-0.2, 0) is 0 Å². The number of aromatic hydroxyl groups is 1. The van der Waals surface area contributed by atoms with Crippen molar-refractivity contribution in [3.63, 3.8) is 0 Å². The number of carbonyl (C=O) groups is 1. The van der Waals surface area contributed by atoms with Gasteiger partial charge in [0.25, 0.3) is 5.91 Å². The molecule has 172 valence electrons. The van der Waals surface area contributed by atoms with Gasteiger partial charge >= 0.3 is 0 Å². The average molecular weight is 470 g/mol. The molecule has 0 unspecified atom stereocenters. The summed E-state index contributed by atoms with van der Waals surface area (Å²) in [6.45, 7) is 0. The molecule has 0 saturated heterocycles. The molecule has 1 aliphatic rings. The van der Waals surface area contributed by atoms with Crippen LogP contribution in [0, 0.1) is 0 Å². The van der Waals surface area contributed by atoms with Crippen molar-refractivity contribution in [2.45, 2.75) is 6.04 Å². The Bertz CT molecular complexity index is 1790. The minimum Gasteiger partial charge on any atom is -0.505 e. The summed E-state index contributed by atoms with van der Waals surface area (Å²) in [7, 11) is 0. The van der Waals surface area contributed by atoms with Crippen LogP contribution in [0.1, 0.15) is 27.5 Å². The molecule has 0 radical (unpaired) electrons. The van der Waals surface area contributed by atoms with E-state index in [9.17, 15) is 9.90 Å². The molecule has 7 heteroatoms. The van der Waals surface area contributed by atoms with E-state index in [1.54, 1.807) is 18.5 Å². The highest BCUT2D eigenvalue weighted by Gasteiger charge is 2.33. The van der Waals surface area contributed by atoms with Gasteiger partial charge in [-0.25, -0.2) is 4.98 Å². The maximum atomic E-state index is 13.6. The number of amides is 1. The van der Waals surface area contributed by atoms with Gasteiger partial charge in [-0.1, -0.05) is 60.7 Å². The number of H-pyrrole nitrogens is 1. The SMILES string of the molecule is O=C(N[C@@H]1c2ccccc2-c2c(-c3nc4ccncc4[nH]3)cccc21)c1c(O)cnc2ccccc12. The number of aromatic amines is 1. The number of carbonyl (C=O) groups excluding carboxylic acids is 1. The molecule has 1 amide bonds. The molecule has 0 fully saturated rings. The van der Waals surface area contributed by atoms with Crippen molar-refractivity contribution in [1.82, 2.24) is 25.3 Å². The molecule has 7 nitrogen and oxygen atoms in total. The van der Waals surface area contributed by atoms with Crippen LogP contribution in [-0.4, -0.2) is 30.9 Å². The summed E-state index contributed by atoms with van der Waals surface area (Å²) in [5, 5.41) is 14.3. The van der Waals surface area contributed by atoms with Crippen molar-refractivity contribution >= 4 is 27.8 Å². The fraction of sp³-hybridized carbons (Fsp3) is 0.0345. The molecule has 36 heavy (non-hydrogen) atoms. The third kappa shape index (κ3) is 2.99. The average Bonchev–Trinajstić information content (AvgIpc) is 3.48. The highest BCUT2D eigenvalue weighted by molar-refractivity contribution is 6.09. The predicted molar refractivity (Wildman–Crippen MR) is 137 cm³/mol. The molecule has 0 bridgehead atoms. The van der Waals surface area contributed by atoms with E-state index in [2.05, 4.69) is 26.3 Å². The minimum absolute atomic E-state index is 0.151. The van der Waals surface area contributed by atoms with Crippen LogP contribution < -0.4 is 5.32 Å². The predicted octanol–water partition coefficient (Wildman–Crippen LogP) is 5.38. The lowest BCUT2D eigenvalue weighted by Gasteiger charge is -2.17. The van der Waals surface area contributed by atoms with Crippen LogP contribution in [0.2, 0.25) is 0 Å². The van der Waals surface area contributed by atoms with Crippen molar-refractivity contribution in [3.05, 3.63) is 108 Å². The smallest absolute Gasteiger partial charge is 0.256 e. The van der Waals surface area contributed by atoms with Crippen molar-refractivity contribution in [2.24, 2.45) is 0 Å². The number of aromatic nitrogens is 4. The molecule has 3 aromatic carbocycles. The zero-order valence-electron chi connectivity index (χ0n) is 18.9. The standard InChI is InChI=1S/C29H19N5O2/c35-24-15-31-21-11-4-3-8-18(21)26(24)29(36)34-27-17-7-2-1-6-16(17)25-19(27)9-5-10-20(25)28-32-22-12-13-30-14-23(22)33-28/h1-15,27,35H,(H,32,33)(H,34,36)/t27-/m1/s1. The van der Waals surface area contributed by atoms with Gasteiger partial charge in [-0.2, -0.15) is 0 Å². The van der Waals surface area contributed by atoms with Crippen molar-refractivity contribution in [3.8, 4) is 28.3 Å². The van der Waals surface area contributed by atoms with E-state index in [0.717, 1.165) is 44.7 Å². The van der Waals surface area contributed by atoms with E-state index in [-0.39, 0.29) is 23.3 Å². The highest BCUT2D eigenvalue weighted by Crippen LogP contribution is 2.47. The molecule has 3 N–H and O–H groups in total. The number of hydrogen-bond acceptors (Lipinski definition) is 5. The highest BCUT2D eigenvalue weighted by atomic mass is 16.3. The van der Waals surface area contributed by atoms with Crippen molar-refractivity contribution in [1.29, 1.82) is 0 Å². The van der Waals surface area contributed by atoms with E-state index in [1.165, 1.54) is 6.20 Å². The molecule has 0 aliphatic heterocycles. The Hall–Kier alpha value is -5.04. The largest absolute Gasteiger partial charge is 0.505 e. The third-order valence-corrected chi connectivity index (χ3v) is 6.75. The monoisotopic (exact) mass is 469 g/mol. The Balaban J connectivity index is 1.37. The van der Waals surface area contributed by atoms with E-state index in [4.69, 9.17) is 4.98 Å². The van der Waals surface area contributed by atoms with Gasteiger partial charge in [0.15, 0.2) is 0 Å². The van der Waals surface area contributed by atoms with Crippen LogP contribution in [0.3, 0.4) is 0 Å². The molecule has 1 aliphatic carbocycles. The maximum Gasteiger partial charge on any atom is 0.256 e. The number of fused-ring (bicyclic) bond motifs is 5. The van der Waals surface area contributed by atoms with Crippen LogP contribution >= 0.6 is 0 Å². The zero-order chi connectivity index (χ0) is 24.2. The lowest BCUT2D eigenvalue weighted by Crippen LogP contribution is -2.28.